The van der Waals surface area contributed by atoms with E-state index in [-0.39, 0.29) is 19.1 Å². The summed E-state index contributed by atoms with van der Waals surface area (Å²) in [5.74, 6) is -0.279. The quantitative estimate of drug-likeness (QED) is 0.884. The topological polar surface area (TPSA) is 76.1 Å². The van der Waals surface area contributed by atoms with Crippen LogP contribution in [0.2, 0.25) is 0 Å². The molecule has 3 rings (SSSR count). The molecule has 0 bridgehead atoms. The summed E-state index contributed by atoms with van der Waals surface area (Å²) in [5.41, 5.74) is 0.761. The van der Waals surface area contributed by atoms with Crippen molar-refractivity contribution in [1.29, 1.82) is 0 Å². The molecule has 2 atom stereocenters. The number of fused-ring (bicyclic) bond motifs is 1. The van der Waals surface area contributed by atoms with Crippen LogP contribution < -0.4 is 9.47 Å². The van der Waals surface area contributed by atoms with Gasteiger partial charge < -0.3 is 19.5 Å². The van der Waals surface area contributed by atoms with E-state index in [9.17, 15) is 14.7 Å². The van der Waals surface area contributed by atoms with Gasteiger partial charge in [-0.2, -0.15) is 0 Å². The number of benzene rings is 1. The molecular formula is C14H15NO5. The van der Waals surface area contributed by atoms with Crippen LogP contribution in [0.1, 0.15) is 24.4 Å². The molecule has 1 N–H and O–H groups in total. The number of aliphatic carboxylic acids is 1. The number of amides is 1. The molecule has 6 nitrogen and oxygen atoms in total. The molecule has 0 aromatic heterocycles. The smallest absolute Gasteiger partial charge is 0.308 e. The van der Waals surface area contributed by atoms with Gasteiger partial charge in [-0.3, -0.25) is 9.59 Å². The third-order valence-corrected chi connectivity index (χ3v) is 3.92. The Kier molecular flexibility index (Phi) is 3.00. The Labute approximate surface area is 115 Å². The molecule has 1 amide bonds. The predicted octanol–water partition coefficient (Wildman–Crippen LogP) is 1.41. The third-order valence-electron chi connectivity index (χ3n) is 3.92. The van der Waals surface area contributed by atoms with Crippen LogP contribution in [0, 0.1) is 5.92 Å². The van der Waals surface area contributed by atoms with Gasteiger partial charge in [0.2, 0.25) is 12.7 Å². The summed E-state index contributed by atoms with van der Waals surface area (Å²) >= 11 is 0. The van der Waals surface area contributed by atoms with Gasteiger partial charge in [0.15, 0.2) is 11.5 Å². The Hall–Kier alpha value is -2.24. The molecule has 1 saturated heterocycles. The number of carbonyl (C=O) groups excluding carboxylic acids is 1. The number of carboxylic acids is 1. The number of carbonyl (C=O) groups is 2. The van der Waals surface area contributed by atoms with Crippen molar-refractivity contribution in [3.8, 4) is 11.5 Å². The summed E-state index contributed by atoms with van der Waals surface area (Å²) < 4.78 is 10.6. The van der Waals surface area contributed by atoms with Crippen LogP contribution in [-0.4, -0.2) is 35.7 Å². The first-order valence-electron chi connectivity index (χ1n) is 6.46. The molecule has 0 spiro atoms. The number of ether oxygens (including phenoxy) is 2. The average molecular weight is 277 g/mol. The second-order valence-corrected chi connectivity index (χ2v) is 5.05. The van der Waals surface area contributed by atoms with Crippen molar-refractivity contribution in [1.82, 2.24) is 4.90 Å². The van der Waals surface area contributed by atoms with Crippen molar-refractivity contribution >= 4 is 11.9 Å². The second-order valence-electron chi connectivity index (χ2n) is 5.05. The van der Waals surface area contributed by atoms with E-state index < -0.39 is 17.9 Å². The number of hydrogen-bond acceptors (Lipinski definition) is 4. The Morgan fingerprint density at radius 1 is 1.35 bits per heavy atom. The highest BCUT2D eigenvalue weighted by Crippen LogP contribution is 2.40. The first-order valence-corrected chi connectivity index (χ1v) is 6.46. The zero-order valence-corrected chi connectivity index (χ0v) is 11.0. The first-order chi connectivity index (χ1) is 9.58. The SMILES string of the molecule is CN1C(=O)CC[C@H](C(=O)O)[C@H]1c1ccc2c(c1)OCO2. The van der Waals surface area contributed by atoms with Gasteiger partial charge in [-0.15, -0.1) is 0 Å². The minimum Gasteiger partial charge on any atom is -0.481 e. The average Bonchev–Trinajstić information content (AvgIpc) is 2.88. The molecule has 2 aliphatic rings. The maximum absolute atomic E-state index is 11.9. The maximum Gasteiger partial charge on any atom is 0.308 e. The predicted molar refractivity (Wildman–Crippen MR) is 68.4 cm³/mol. The molecule has 0 saturated carbocycles. The highest BCUT2D eigenvalue weighted by molar-refractivity contribution is 5.81. The number of rotatable bonds is 2. The summed E-state index contributed by atoms with van der Waals surface area (Å²) in [6, 6.07) is 4.84. The number of hydrogen-bond donors (Lipinski definition) is 1. The van der Waals surface area contributed by atoms with Crippen molar-refractivity contribution in [2.24, 2.45) is 5.92 Å². The lowest BCUT2D eigenvalue weighted by Gasteiger charge is -2.37. The molecular weight excluding hydrogens is 262 g/mol. The molecule has 0 radical (unpaired) electrons. The minimum absolute atomic E-state index is 0.0369. The van der Waals surface area contributed by atoms with Gasteiger partial charge in [0, 0.05) is 13.5 Å². The van der Waals surface area contributed by atoms with E-state index in [2.05, 4.69) is 0 Å². The monoisotopic (exact) mass is 277 g/mol. The van der Waals surface area contributed by atoms with E-state index in [1.165, 1.54) is 4.90 Å². The van der Waals surface area contributed by atoms with E-state index in [0.717, 1.165) is 5.56 Å². The fourth-order valence-corrected chi connectivity index (χ4v) is 2.85. The van der Waals surface area contributed by atoms with E-state index in [4.69, 9.17) is 9.47 Å². The zero-order chi connectivity index (χ0) is 14.3. The molecule has 0 aliphatic carbocycles. The highest BCUT2D eigenvalue weighted by atomic mass is 16.7. The van der Waals surface area contributed by atoms with Gasteiger partial charge in [0.25, 0.3) is 0 Å². The van der Waals surface area contributed by atoms with Crippen molar-refractivity contribution in [2.75, 3.05) is 13.8 Å². The lowest BCUT2D eigenvalue weighted by molar-refractivity contribution is -0.150. The van der Waals surface area contributed by atoms with Crippen LogP contribution >= 0.6 is 0 Å². The fourth-order valence-electron chi connectivity index (χ4n) is 2.85. The Balaban J connectivity index is 1.99. The second kappa shape index (κ2) is 4.70. The maximum atomic E-state index is 11.9. The number of nitrogens with zero attached hydrogens (tertiary/aromatic N) is 1. The lowest BCUT2D eigenvalue weighted by atomic mass is 9.84. The van der Waals surface area contributed by atoms with Crippen molar-refractivity contribution < 1.29 is 24.2 Å². The van der Waals surface area contributed by atoms with Crippen LogP contribution in [0.25, 0.3) is 0 Å². The standard InChI is InChI=1S/C14H15NO5/c1-15-12(16)5-3-9(14(17)18)13(15)8-2-4-10-11(6-8)20-7-19-10/h2,4,6,9,13H,3,5,7H2,1H3,(H,17,18)/t9-,13+/m0/s1. The van der Waals surface area contributed by atoms with E-state index in [0.29, 0.717) is 17.9 Å². The third kappa shape index (κ3) is 1.97. The summed E-state index contributed by atoms with van der Waals surface area (Å²) in [6.45, 7) is 0.167. The molecule has 2 heterocycles. The van der Waals surface area contributed by atoms with Crippen LogP contribution in [-0.2, 0) is 9.59 Å². The molecule has 1 aromatic rings. The van der Waals surface area contributed by atoms with Gasteiger partial charge in [0.05, 0.1) is 12.0 Å². The molecule has 20 heavy (non-hydrogen) atoms. The van der Waals surface area contributed by atoms with Crippen molar-refractivity contribution in [2.45, 2.75) is 18.9 Å². The highest BCUT2D eigenvalue weighted by Gasteiger charge is 2.39. The van der Waals surface area contributed by atoms with Gasteiger partial charge >= 0.3 is 5.97 Å². The lowest BCUT2D eigenvalue weighted by Crippen LogP contribution is -2.42. The molecule has 6 heteroatoms. The van der Waals surface area contributed by atoms with Crippen molar-refractivity contribution in [3.63, 3.8) is 0 Å². The van der Waals surface area contributed by atoms with Gasteiger partial charge in [-0.1, -0.05) is 6.07 Å². The molecule has 1 fully saturated rings. The molecule has 106 valence electrons. The number of likely N-dealkylation sites (tertiary alicyclic amines) is 1. The zero-order valence-electron chi connectivity index (χ0n) is 11.0. The number of piperidine rings is 1. The van der Waals surface area contributed by atoms with Gasteiger partial charge in [0.1, 0.15) is 0 Å². The van der Waals surface area contributed by atoms with Crippen molar-refractivity contribution in [3.05, 3.63) is 23.8 Å². The van der Waals surface area contributed by atoms with Crippen LogP contribution in [0.5, 0.6) is 11.5 Å². The van der Waals surface area contributed by atoms with Gasteiger partial charge in [-0.05, 0) is 24.1 Å². The fraction of sp³-hybridized carbons (Fsp3) is 0.429. The first kappa shape index (κ1) is 12.8. The molecule has 0 unspecified atom stereocenters. The normalized spacial score (nSPS) is 24.9. The van der Waals surface area contributed by atoms with Crippen LogP contribution in [0.4, 0.5) is 0 Å². The molecule has 1 aromatic carbocycles. The summed E-state index contributed by atoms with van der Waals surface area (Å²) in [6.07, 6.45) is 0.631. The van der Waals surface area contributed by atoms with E-state index in [1.807, 2.05) is 0 Å². The molecule has 2 aliphatic heterocycles. The van der Waals surface area contributed by atoms with Gasteiger partial charge in [-0.25, -0.2) is 0 Å². The Bertz CT molecular complexity index is 571. The Morgan fingerprint density at radius 2 is 2.10 bits per heavy atom. The summed E-state index contributed by atoms with van der Waals surface area (Å²) in [4.78, 5) is 24.8. The summed E-state index contributed by atoms with van der Waals surface area (Å²) in [5, 5.41) is 9.37. The summed E-state index contributed by atoms with van der Waals surface area (Å²) in [7, 11) is 1.65. The van der Waals surface area contributed by atoms with E-state index >= 15 is 0 Å². The van der Waals surface area contributed by atoms with E-state index in [1.54, 1.807) is 25.2 Å². The Morgan fingerprint density at radius 3 is 2.85 bits per heavy atom. The van der Waals surface area contributed by atoms with Crippen LogP contribution in [0.3, 0.4) is 0 Å². The largest absolute Gasteiger partial charge is 0.481 e. The minimum atomic E-state index is -0.882. The number of carboxylic acid groups (broad SMARTS) is 1. The van der Waals surface area contributed by atoms with Crippen LogP contribution in [0.15, 0.2) is 18.2 Å².